The second-order valence-corrected chi connectivity index (χ2v) is 11.3. The van der Waals surface area contributed by atoms with Crippen LogP contribution in [0.15, 0.2) is 30.5 Å². The van der Waals surface area contributed by atoms with Gasteiger partial charge in [-0.3, -0.25) is 0 Å². The fraction of sp³-hybridized carbons (Fsp3) is 0.556. The lowest BCUT2D eigenvalue weighted by atomic mass is 9.57. The number of hydrogen-bond donors (Lipinski definition) is 3. The lowest BCUT2D eigenvalue weighted by Gasteiger charge is -2.53. The smallest absolute Gasteiger partial charge is 0.444 e. The van der Waals surface area contributed by atoms with Gasteiger partial charge in [0.1, 0.15) is 28.8 Å². The number of halogens is 3. The second-order valence-electron chi connectivity index (χ2n) is 11.3. The van der Waals surface area contributed by atoms with Crippen LogP contribution in [0.3, 0.4) is 0 Å². The van der Waals surface area contributed by atoms with E-state index in [0.717, 1.165) is 38.5 Å². The molecule has 9 nitrogen and oxygen atoms in total. The summed E-state index contributed by atoms with van der Waals surface area (Å²) < 4.78 is 47.7. The summed E-state index contributed by atoms with van der Waals surface area (Å²) in [5, 5.41) is 18.9. The number of carbonyl (C=O) groups is 1. The van der Waals surface area contributed by atoms with Crippen molar-refractivity contribution in [3.05, 3.63) is 41.6 Å². The van der Waals surface area contributed by atoms with Crippen molar-refractivity contribution in [2.45, 2.75) is 83.3 Å². The lowest BCUT2D eigenvalue weighted by Crippen LogP contribution is -2.58. The van der Waals surface area contributed by atoms with Crippen LogP contribution in [-0.4, -0.2) is 40.1 Å². The highest BCUT2D eigenvalue weighted by Gasteiger charge is 2.49. The Morgan fingerprint density at radius 1 is 1.08 bits per heavy atom. The number of alkyl halides is 3. The second kappa shape index (κ2) is 10.8. The van der Waals surface area contributed by atoms with Crippen molar-refractivity contribution in [1.29, 1.82) is 5.26 Å². The van der Waals surface area contributed by atoms with Crippen LogP contribution in [0.5, 0.6) is 5.75 Å². The molecule has 1 aromatic heterocycles. The number of aromatic nitrogens is 2. The molecule has 0 unspecified atom stereocenters. The van der Waals surface area contributed by atoms with Gasteiger partial charge in [-0.15, -0.1) is 13.2 Å². The Balaban J connectivity index is 1.37. The van der Waals surface area contributed by atoms with Crippen molar-refractivity contribution in [2.24, 2.45) is 5.41 Å². The fourth-order valence-corrected chi connectivity index (χ4v) is 5.24. The van der Waals surface area contributed by atoms with E-state index in [1.165, 1.54) is 24.4 Å². The van der Waals surface area contributed by atoms with Gasteiger partial charge in [0.25, 0.3) is 0 Å². The van der Waals surface area contributed by atoms with E-state index in [4.69, 9.17) is 4.74 Å². The highest BCUT2D eigenvalue weighted by atomic mass is 19.4. The van der Waals surface area contributed by atoms with Crippen LogP contribution in [0.1, 0.15) is 70.4 Å². The van der Waals surface area contributed by atoms with Gasteiger partial charge in [0, 0.05) is 24.2 Å². The quantitative estimate of drug-likeness (QED) is 0.375. The Kier molecular flexibility index (Phi) is 7.82. The van der Waals surface area contributed by atoms with Crippen LogP contribution < -0.4 is 20.7 Å². The molecule has 5 rings (SSSR count). The molecule has 210 valence electrons. The first-order valence-corrected chi connectivity index (χ1v) is 12.9. The van der Waals surface area contributed by atoms with Gasteiger partial charge in [-0.25, -0.2) is 9.78 Å². The average Bonchev–Trinajstić information content (AvgIpc) is 2.86. The SMILES string of the molecule is CC(C)(C)OC(=O)NC12CCC(CNc3nc(NCc4ccccc4OC(F)(F)F)ncc3C#N)(CC1)CC2. The standard InChI is InChI=1S/C27H33F3N6O3/c1-24(2,3)39-23(37)36-26-11-8-25(9-12-26,10-13-26)17-34-21-19(14-31)16-33-22(35-21)32-15-18-6-4-5-7-20(18)38-27(28,29)30/h4-7,16H,8-13,15,17H2,1-3H3,(H,36,37)(H2,32,33,34,35). The summed E-state index contributed by atoms with van der Waals surface area (Å²) in [6.07, 6.45) is 1.44. The van der Waals surface area contributed by atoms with Crippen LogP contribution in [0, 0.1) is 16.7 Å². The summed E-state index contributed by atoms with van der Waals surface area (Å²) in [6, 6.07) is 7.90. The van der Waals surface area contributed by atoms with Crippen LogP contribution >= 0.6 is 0 Å². The summed E-state index contributed by atoms with van der Waals surface area (Å²) in [6.45, 7) is 6.12. The predicted molar refractivity (Wildman–Crippen MR) is 138 cm³/mol. The number of fused-ring (bicyclic) bond motifs is 3. The van der Waals surface area contributed by atoms with Crippen LogP contribution in [-0.2, 0) is 11.3 Å². The molecule has 0 spiro atoms. The molecule has 3 saturated carbocycles. The van der Waals surface area contributed by atoms with E-state index in [0.29, 0.717) is 12.4 Å². The number of para-hydroxylation sites is 1. The van der Waals surface area contributed by atoms with E-state index in [9.17, 15) is 23.2 Å². The third kappa shape index (κ3) is 7.43. The first-order chi connectivity index (χ1) is 18.3. The van der Waals surface area contributed by atoms with Crippen molar-refractivity contribution in [3.63, 3.8) is 0 Å². The molecule has 1 amide bonds. The Bertz CT molecular complexity index is 1210. The van der Waals surface area contributed by atoms with Gasteiger partial charge in [0.15, 0.2) is 0 Å². The first kappa shape index (κ1) is 28.3. The van der Waals surface area contributed by atoms with E-state index < -0.39 is 12.0 Å². The number of alkyl carbamates (subject to hydrolysis) is 1. The van der Waals surface area contributed by atoms with Crippen molar-refractivity contribution < 1.29 is 27.4 Å². The summed E-state index contributed by atoms with van der Waals surface area (Å²) in [5.41, 5.74) is -0.243. The Labute approximate surface area is 225 Å². The fourth-order valence-electron chi connectivity index (χ4n) is 5.24. The number of benzene rings is 1. The van der Waals surface area contributed by atoms with Crippen molar-refractivity contribution in [1.82, 2.24) is 15.3 Å². The molecule has 39 heavy (non-hydrogen) atoms. The average molecular weight is 547 g/mol. The van der Waals surface area contributed by atoms with Crippen LogP contribution in [0.4, 0.5) is 29.7 Å². The van der Waals surface area contributed by atoms with E-state index >= 15 is 0 Å². The molecular formula is C27H33F3N6O3. The van der Waals surface area contributed by atoms with E-state index in [1.54, 1.807) is 6.07 Å². The molecule has 3 N–H and O–H groups in total. The molecule has 2 aromatic rings. The summed E-state index contributed by atoms with van der Waals surface area (Å²) in [4.78, 5) is 20.9. The highest BCUT2D eigenvalue weighted by Crippen LogP contribution is 2.52. The maximum atomic E-state index is 12.7. The number of carbonyl (C=O) groups excluding carboxylic acids is 1. The third-order valence-electron chi connectivity index (χ3n) is 7.34. The molecule has 0 aliphatic heterocycles. The number of ether oxygens (including phenoxy) is 2. The summed E-state index contributed by atoms with van der Waals surface area (Å²) in [5.74, 6) is 0.220. The maximum Gasteiger partial charge on any atom is 0.573 e. The van der Waals surface area contributed by atoms with Crippen LogP contribution in [0.25, 0.3) is 0 Å². The molecule has 0 radical (unpaired) electrons. The zero-order chi connectivity index (χ0) is 28.3. The van der Waals surface area contributed by atoms with E-state index in [1.807, 2.05) is 20.8 Å². The van der Waals surface area contributed by atoms with Crippen molar-refractivity contribution >= 4 is 17.9 Å². The minimum absolute atomic E-state index is 0.00569. The van der Waals surface area contributed by atoms with Crippen LogP contribution in [0.2, 0.25) is 0 Å². The van der Waals surface area contributed by atoms with Gasteiger partial charge in [-0.1, -0.05) is 18.2 Å². The molecule has 12 heteroatoms. The molecule has 2 bridgehead atoms. The summed E-state index contributed by atoms with van der Waals surface area (Å²) >= 11 is 0. The number of nitriles is 1. The molecule has 1 aromatic carbocycles. The topological polar surface area (TPSA) is 121 Å². The summed E-state index contributed by atoms with van der Waals surface area (Å²) in [7, 11) is 0. The first-order valence-electron chi connectivity index (χ1n) is 12.9. The zero-order valence-electron chi connectivity index (χ0n) is 22.2. The van der Waals surface area contributed by atoms with Gasteiger partial charge in [0.05, 0.1) is 6.20 Å². The number of nitrogens with zero attached hydrogens (tertiary/aromatic N) is 3. The number of rotatable bonds is 8. The van der Waals surface area contributed by atoms with Gasteiger partial charge in [-0.2, -0.15) is 10.2 Å². The molecule has 3 aliphatic rings. The molecule has 3 aliphatic carbocycles. The van der Waals surface area contributed by atoms with Gasteiger partial charge in [0.2, 0.25) is 5.95 Å². The lowest BCUT2D eigenvalue weighted by molar-refractivity contribution is -0.274. The molecule has 1 heterocycles. The monoisotopic (exact) mass is 546 g/mol. The molecule has 0 atom stereocenters. The Hall–Kier alpha value is -3.75. The normalized spacial score (nSPS) is 22.5. The largest absolute Gasteiger partial charge is 0.573 e. The Morgan fingerprint density at radius 2 is 1.74 bits per heavy atom. The number of hydrogen-bond acceptors (Lipinski definition) is 8. The minimum atomic E-state index is -4.80. The highest BCUT2D eigenvalue weighted by molar-refractivity contribution is 5.69. The van der Waals surface area contributed by atoms with Gasteiger partial charge in [-0.05, 0) is 70.8 Å². The molecule has 0 saturated heterocycles. The van der Waals surface area contributed by atoms with Crippen molar-refractivity contribution in [2.75, 3.05) is 17.2 Å². The predicted octanol–water partition coefficient (Wildman–Crippen LogP) is 5.89. The zero-order valence-corrected chi connectivity index (χ0v) is 22.2. The maximum absolute atomic E-state index is 12.7. The molecular weight excluding hydrogens is 513 g/mol. The van der Waals surface area contributed by atoms with Gasteiger partial charge < -0.3 is 25.4 Å². The Morgan fingerprint density at radius 3 is 2.36 bits per heavy atom. The van der Waals surface area contributed by atoms with Gasteiger partial charge >= 0.3 is 12.5 Å². The number of anilines is 2. The van der Waals surface area contributed by atoms with E-state index in [-0.39, 0.29) is 46.4 Å². The molecule has 3 fully saturated rings. The van der Waals surface area contributed by atoms with E-state index in [2.05, 4.69) is 36.7 Å². The minimum Gasteiger partial charge on any atom is -0.444 e. The van der Waals surface area contributed by atoms with Crippen molar-refractivity contribution in [3.8, 4) is 11.8 Å². The third-order valence-corrected chi connectivity index (χ3v) is 7.34. The number of nitrogens with one attached hydrogen (secondary N) is 3. The number of amides is 1.